The number of anilines is 1. The van der Waals surface area contributed by atoms with E-state index in [1.54, 1.807) is 43.0 Å². The Kier molecular flexibility index (Phi) is 8.01. The first-order chi connectivity index (χ1) is 15.8. The molecule has 0 saturated carbocycles. The first-order valence-electron chi connectivity index (χ1n) is 10.7. The summed E-state index contributed by atoms with van der Waals surface area (Å²) in [5.74, 6) is -0.676. The fourth-order valence-electron chi connectivity index (χ4n) is 3.53. The van der Waals surface area contributed by atoms with E-state index in [4.69, 9.17) is 4.74 Å². The molecule has 1 aliphatic rings. The molecule has 2 aromatic rings. The lowest BCUT2D eigenvalue weighted by Crippen LogP contribution is -2.40. The molecule has 1 N–H and O–H groups in total. The Hall–Kier alpha value is -3.02. The Bertz CT molecular complexity index is 1170. The first-order valence-corrected chi connectivity index (χ1v) is 12.2. The third-order valence-electron chi connectivity index (χ3n) is 5.31. The first kappa shape index (κ1) is 24.6. The molecule has 10 nitrogen and oxygen atoms in total. The van der Waals surface area contributed by atoms with Gasteiger partial charge in [-0.05, 0) is 24.3 Å². The largest absolute Gasteiger partial charge is 0.378 e. The van der Waals surface area contributed by atoms with E-state index >= 15 is 0 Å². The maximum absolute atomic E-state index is 12.7. The molecular formula is C22H28N4O6S. The van der Waals surface area contributed by atoms with E-state index in [0.717, 1.165) is 10.6 Å². The Labute approximate surface area is 192 Å². The summed E-state index contributed by atoms with van der Waals surface area (Å²) in [6.45, 7) is 5.64. The standard InChI is InChI=1S/C22H28N4O6S/c1-3-26(4-2)33(30,31)19-8-9-21(28)25(15-19)16-20(27)23-18-7-5-6-17(14-18)22(29)24-10-12-32-13-11-24/h5-9,14-15H,3-4,10-13,16H2,1-2H3,(H,23,27). The zero-order valence-electron chi connectivity index (χ0n) is 18.7. The maximum Gasteiger partial charge on any atom is 0.254 e. The van der Waals surface area contributed by atoms with Crippen molar-refractivity contribution < 1.29 is 22.7 Å². The third-order valence-corrected chi connectivity index (χ3v) is 7.34. The summed E-state index contributed by atoms with van der Waals surface area (Å²) in [5, 5.41) is 2.67. The van der Waals surface area contributed by atoms with Gasteiger partial charge in [0.05, 0.1) is 18.1 Å². The summed E-state index contributed by atoms with van der Waals surface area (Å²) in [6.07, 6.45) is 1.17. The van der Waals surface area contributed by atoms with E-state index in [0.29, 0.717) is 37.6 Å². The molecule has 1 aliphatic heterocycles. The van der Waals surface area contributed by atoms with E-state index in [2.05, 4.69) is 5.32 Å². The number of carbonyl (C=O) groups excluding carboxylic acids is 2. The van der Waals surface area contributed by atoms with Crippen LogP contribution in [0.25, 0.3) is 0 Å². The van der Waals surface area contributed by atoms with E-state index in [1.807, 2.05) is 0 Å². The molecule has 2 amide bonds. The van der Waals surface area contributed by atoms with Crippen molar-refractivity contribution in [2.75, 3.05) is 44.7 Å². The number of ether oxygens (including phenoxy) is 1. The number of nitrogens with zero attached hydrogens (tertiary/aromatic N) is 3. The van der Waals surface area contributed by atoms with Crippen LogP contribution in [0.1, 0.15) is 24.2 Å². The predicted octanol–water partition coefficient (Wildman–Crippen LogP) is 0.990. The second-order valence-electron chi connectivity index (χ2n) is 7.45. The van der Waals surface area contributed by atoms with Crippen molar-refractivity contribution in [3.63, 3.8) is 0 Å². The molecule has 0 spiro atoms. The van der Waals surface area contributed by atoms with Crippen LogP contribution in [0.4, 0.5) is 5.69 Å². The van der Waals surface area contributed by atoms with Crippen molar-refractivity contribution in [1.29, 1.82) is 0 Å². The molecule has 0 unspecified atom stereocenters. The molecule has 1 fully saturated rings. The number of amides is 2. The van der Waals surface area contributed by atoms with Gasteiger partial charge < -0.3 is 19.5 Å². The number of hydrogen-bond acceptors (Lipinski definition) is 6. The van der Waals surface area contributed by atoms with E-state index < -0.39 is 21.5 Å². The van der Waals surface area contributed by atoms with E-state index in [-0.39, 0.29) is 30.4 Å². The lowest BCUT2D eigenvalue weighted by atomic mass is 10.1. The normalized spacial score (nSPS) is 14.3. The highest BCUT2D eigenvalue weighted by molar-refractivity contribution is 7.89. The van der Waals surface area contributed by atoms with Crippen LogP contribution in [-0.2, 0) is 26.1 Å². The second kappa shape index (κ2) is 10.7. The topological polar surface area (TPSA) is 118 Å². The number of hydrogen-bond donors (Lipinski definition) is 1. The molecule has 1 saturated heterocycles. The van der Waals surface area contributed by atoms with Gasteiger partial charge in [-0.25, -0.2) is 8.42 Å². The van der Waals surface area contributed by atoms with Gasteiger partial charge in [-0.2, -0.15) is 4.31 Å². The van der Waals surface area contributed by atoms with Gasteiger partial charge in [-0.1, -0.05) is 19.9 Å². The van der Waals surface area contributed by atoms with Gasteiger partial charge in [0.1, 0.15) is 6.54 Å². The van der Waals surface area contributed by atoms with Crippen LogP contribution in [0, 0.1) is 0 Å². The highest BCUT2D eigenvalue weighted by atomic mass is 32.2. The number of carbonyl (C=O) groups is 2. The Balaban J connectivity index is 1.74. The maximum atomic E-state index is 12.7. The molecule has 0 aliphatic carbocycles. The minimum atomic E-state index is -3.77. The fourth-order valence-corrected chi connectivity index (χ4v) is 5.01. The summed E-state index contributed by atoms with van der Waals surface area (Å²) in [6, 6.07) is 8.90. The number of aromatic nitrogens is 1. The highest BCUT2D eigenvalue weighted by Crippen LogP contribution is 2.15. The summed E-state index contributed by atoms with van der Waals surface area (Å²) in [4.78, 5) is 39.1. The van der Waals surface area contributed by atoms with Crippen molar-refractivity contribution in [1.82, 2.24) is 13.8 Å². The molecule has 3 rings (SSSR count). The van der Waals surface area contributed by atoms with Crippen molar-refractivity contribution in [3.8, 4) is 0 Å². The molecule has 33 heavy (non-hydrogen) atoms. The molecule has 178 valence electrons. The average molecular weight is 477 g/mol. The lowest BCUT2D eigenvalue weighted by Gasteiger charge is -2.27. The minimum absolute atomic E-state index is 0.0586. The number of morpholine rings is 1. The number of sulfonamides is 1. The van der Waals surface area contributed by atoms with Crippen LogP contribution in [-0.4, -0.2) is 73.4 Å². The number of nitrogens with one attached hydrogen (secondary N) is 1. The Morgan fingerprint density at radius 3 is 2.45 bits per heavy atom. The summed E-state index contributed by atoms with van der Waals surface area (Å²) >= 11 is 0. The molecule has 0 radical (unpaired) electrons. The van der Waals surface area contributed by atoms with Crippen LogP contribution in [0.5, 0.6) is 0 Å². The van der Waals surface area contributed by atoms with Gasteiger partial charge in [0.2, 0.25) is 15.9 Å². The molecular weight excluding hydrogens is 448 g/mol. The van der Waals surface area contributed by atoms with Gasteiger partial charge in [-0.15, -0.1) is 0 Å². The van der Waals surface area contributed by atoms with Gasteiger partial charge in [0, 0.05) is 49.7 Å². The lowest BCUT2D eigenvalue weighted by molar-refractivity contribution is -0.116. The van der Waals surface area contributed by atoms with E-state index in [9.17, 15) is 22.8 Å². The fraction of sp³-hybridized carbons (Fsp3) is 0.409. The van der Waals surface area contributed by atoms with E-state index in [1.165, 1.54) is 16.6 Å². The number of pyridine rings is 1. The van der Waals surface area contributed by atoms with Crippen molar-refractivity contribution in [2.45, 2.75) is 25.3 Å². The summed E-state index contributed by atoms with van der Waals surface area (Å²) in [5.41, 5.74) is 0.332. The summed E-state index contributed by atoms with van der Waals surface area (Å²) in [7, 11) is -3.77. The smallest absolute Gasteiger partial charge is 0.254 e. The van der Waals surface area contributed by atoms with Crippen molar-refractivity contribution >= 4 is 27.5 Å². The number of rotatable bonds is 8. The monoisotopic (exact) mass is 476 g/mol. The molecule has 11 heteroatoms. The molecule has 1 aromatic heterocycles. The Morgan fingerprint density at radius 2 is 1.79 bits per heavy atom. The zero-order chi connectivity index (χ0) is 24.0. The van der Waals surface area contributed by atoms with Crippen LogP contribution in [0.2, 0.25) is 0 Å². The van der Waals surface area contributed by atoms with Gasteiger partial charge in [0.25, 0.3) is 11.5 Å². The van der Waals surface area contributed by atoms with Crippen molar-refractivity contribution in [3.05, 3.63) is 58.5 Å². The third kappa shape index (κ3) is 5.86. The van der Waals surface area contributed by atoms with Gasteiger partial charge >= 0.3 is 0 Å². The average Bonchev–Trinajstić information content (AvgIpc) is 2.81. The second-order valence-corrected chi connectivity index (χ2v) is 9.39. The highest BCUT2D eigenvalue weighted by Gasteiger charge is 2.23. The van der Waals surface area contributed by atoms with Crippen molar-refractivity contribution in [2.24, 2.45) is 0 Å². The zero-order valence-corrected chi connectivity index (χ0v) is 19.5. The Morgan fingerprint density at radius 1 is 1.09 bits per heavy atom. The molecule has 2 heterocycles. The summed E-state index contributed by atoms with van der Waals surface area (Å²) < 4.78 is 33.1. The van der Waals surface area contributed by atoms with Crippen LogP contribution in [0.3, 0.4) is 0 Å². The number of benzene rings is 1. The predicted molar refractivity (Wildman–Crippen MR) is 123 cm³/mol. The SMILES string of the molecule is CCN(CC)S(=O)(=O)c1ccc(=O)n(CC(=O)Nc2cccc(C(=O)N3CCOCC3)c2)c1. The van der Waals surface area contributed by atoms with Gasteiger partial charge in [-0.3, -0.25) is 14.4 Å². The molecule has 0 bridgehead atoms. The van der Waals surface area contributed by atoms with Gasteiger partial charge in [0.15, 0.2) is 0 Å². The minimum Gasteiger partial charge on any atom is -0.378 e. The quantitative estimate of drug-likeness (QED) is 0.607. The van der Waals surface area contributed by atoms with Crippen LogP contribution in [0.15, 0.2) is 52.3 Å². The molecule has 0 atom stereocenters. The van der Waals surface area contributed by atoms with Crippen LogP contribution >= 0.6 is 0 Å². The van der Waals surface area contributed by atoms with Crippen LogP contribution < -0.4 is 10.9 Å². The molecule has 1 aromatic carbocycles.